The number of alkyl halides is 3. The van der Waals surface area contributed by atoms with Crippen molar-refractivity contribution < 1.29 is 36.6 Å². The molecule has 0 bridgehead atoms. The third kappa shape index (κ3) is 5.88. The minimum Gasteiger partial charge on any atom is -0.497 e. The Morgan fingerprint density at radius 3 is 2.32 bits per heavy atom. The first kappa shape index (κ1) is 26.5. The van der Waals surface area contributed by atoms with Gasteiger partial charge in [-0.3, -0.25) is 4.79 Å². The van der Waals surface area contributed by atoms with Gasteiger partial charge >= 0.3 is 12.1 Å². The Morgan fingerprint density at radius 1 is 0.974 bits per heavy atom. The van der Waals surface area contributed by atoms with E-state index in [9.17, 15) is 22.8 Å². The van der Waals surface area contributed by atoms with Crippen LogP contribution in [0.3, 0.4) is 0 Å². The zero-order valence-electron chi connectivity index (χ0n) is 20.7. The van der Waals surface area contributed by atoms with Crippen LogP contribution < -0.4 is 19.6 Å². The molecule has 0 saturated heterocycles. The summed E-state index contributed by atoms with van der Waals surface area (Å²) in [5, 5.41) is -0.163. The molecule has 0 atom stereocenters. The van der Waals surface area contributed by atoms with Crippen LogP contribution in [0.2, 0.25) is 0 Å². The number of halogens is 3. The zero-order chi connectivity index (χ0) is 27.4. The Labute approximate surface area is 215 Å². The Morgan fingerprint density at radius 2 is 1.66 bits per heavy atom. The highest BCUT2D eigenvalue weighted by Crippen LogP contribution is 2.40. The first-order chi connectivity index (χ1) is 18.1. The summed E-state index contributed by atoms with van der Waals surface area (Å²) in [6.45, 7) is 3.70. The van der Waals surface area contributed by atoms with Crippen molar-refractivity contribution in [3.8, 4) is 23.0 Å². The molecule has 0 unspecified atom stereocenters. The van der Waals surface area contributed by atoms with Crippen molar-refractivity contribution in [1.29, 1.82) is 0 Å². The number of fused-ring (bicyclic) bond motifs is 1. The van der Waals surface area contributed by atoms with Crippen LogP contribution in [0.5, 0.6) is 23.0 Å². The number of hydrogen-bond acceptors (Lipinski definition) is 6. The van der Waals surface area contributed by atoms with Gasteiger partial charge in [-0.15, -0.1) is 0 Å². The lowest BCUT2D eigenvalue weighted by Crippen LogP contribution is -2.16. The molecule has 4 rings (SSSR count). The molecule has 38 heavy (non-hydrogen) atoms. The van der Waals surface area contributed by atoms with Gasteiger partial charge < -0.3 is 18.6 Å². The van der Waals surface area contributed by atoms with Crippen LogP contribution in [-0.4, -0.2) is 13.1 Å². The second-order valence-electron chi connectivity index (χ2n) is 8.57. The third-order valence-corrected chi connectivity index (χ3v) is 5.58. The van der Waals surface area contributed by atoms with Gasteiger partial charge in [-0.2, -0.15) is 13.2 Å². The molecule has 0 fully saturated rings. The summed E-state index contributed by atoms with van der Waals surface area (Å²) in [7, 11) is 1.53. The van der Waals surface area contributed by atoms with Crippen molar-refractivity contribution >= 4 is 23.0 Å². The summed E-state index contributed by atoms with van der Waals surface area (Å²) >= 11 is 0. The summed E-state index contributed by atoms with van der Waals surface area (Å²) in [6.07, 6.45) is -2.36. The largest absolute Gasteiger partial charge is 0.497 e. The minimum absolute atomic E-state index is 0.0657. The van der Waals surface area contributed by atoms with Crippen LogP contribution in [-0.2, 0) is 11.0 Å². The van der Waals surface area contributed by atoms with E-state index in [0.717, 1.165) is 12.1 Å². The van der Waals surface area contributed by atoms with Gasteiger partial charge in [0.05, 0.1) is 12.5 Å². The van der Waals surface area contributed by atoms with Crippen molar-refractivity contribution in [2.45, 2.75) is 25.9 Å². The molecule has 0 aliphatic carbocycles. The minimum atomic E-state index is -5.02. The molecule has 0 aliphatic heterocycles. The molecule has 0 spiro atoms. The van der Waals surface area contributed by atoms with Crippen molar-refractivity contribution in [1.82, 2.24) is 0 Å². The number of benzene rings is 3. The zero-order valence-corrected chi connectivity index (χ0v) is 20.7. The van der Waals surface area contributed by atoms with Crippen LogP contribution in [0, 0.1) is 0 Å². The standard InChI is InChI=1S/C29H23F3O6/c1-17(2)21-6-4-5-7-23(21)37-27-26(34)22-14-13-20(16-24(22)38-28(27)29(30,31)32)36-25(33)15-10-18-8-11-19(35-3)12-9-18/h4-17H,1-3H3/b15-10+. The monoisotopic (exact) mass is 524 g/mol. The lowest BCUT2D eigenvalue weighted by atomic mass is 10.0. The van der Waals surface area contributed by atoms with E-state index < -0.39 is 34.7 Å². The SMILES string of the molecule is COc1ccc(/C=C/C(=O)Oc2ccc3c(=O)c(Oc4ccccc4C(C)C)c(C(F)(F)F)oc3c2)cc1. The fourth-order valence-electron chi connectivity index (χ4n) is 3.69. The van der Waals surface area contributed by atoms with Gasteiger partial charge in [-0.1, -0.05) is 44.2 Å². The second kappa shape index (κ2) is 10.8. The van der Waals surface area contributed by atoms with Crippen LogP contribution in [0.4, 0.5) is 13.2 Å². The fraction of sp³-hybridized carbons (Fsp3) is 0.172. The van der Waals surface area contributed by atoms with E-state index in [1.807, 2.05) is 13.8 Å². The highest BCUT2D eigenvalue weighted by Gasteiger charge is 2.40. The van der Waals surface area contributed by atoms with Crippen LogP contribution in [0.25, 0.3) is 17.0 Å². The molecule has 1 aromatic heterocycles. The third-order valence-electron chi connectivity index (χ3n) is 5.58. The maximum atomic E-state index is 13.9. The quantitative estimate of drug-likeness (QED) is 0.143. The van der Waals surface area contributed by atoms with Crippen LogP contribution in [0.15, 0.2) is 82.0 Å². The number of ether oxygens (including phenoxy) is 3. The topological polar surface area (TPSA) is 75.0 Å². The summed E-state index contributed by atoms with van der Waals surface area (Å²) in [6, 6.07) is 17.0. The molecule has 0 amide bonds. The Balaban J connectivity index is 1.66. The maximum absolute atomic E-state index is 13.9. The number of methoxy groups -OCH3 is 1. The fourth-order valence-corrected chi connectivity index (χ4v) is 3.69. The van der Waals surface area contributed by atoms with E-state index in [0.29, 0.717) is 16.9 Å². The molecular formula is C29H23F3O6. The number of esters is 1. The van der Waals surface area contributed by atoms with E-state index >= 15 is 0 Å². The lowest BCUT2D eigenvalue weighted by molar-refractivity contribution is -0.154. The second-order valence-corrected chi connectivity index (χ2v) is 8.57. The van der Waals surface area contributed by atoms with Crippen molar-refractivity contribution in [2.75, 3.05) is 7.11 Å². The number of hydrogen-bond donors (Lipinski definition) is 0. The Kier molecular flexibility index (Phi) is 7.57. The lowest BCUT2D eigenvalue weighted by Gasteiger charge is -2.16. The van der Waals surface area contributed by atoms with E-state index in [1.54, 1.807) is 42.5 Å². The average molecular weight is 524 g/mol. The predicted molar refractivity (Wildman–Crippen MR) is 136 cm³/mol. The average Bonchev–Trinajstić information content (AvgIpc) is 2.88. The molecule has 6 nitrogen and oxygen atoms in total. The summed E-state index contributed by atoms with van der Waals surface area (Å²) in [5.74, 6) is -2.72. The normalized spacial score (nSPS) is 11.8. The smallest absolute Gasteiger partial charge is 0.453 e. The molecule has 0 N–H and O–H groups in total. The van der Waals surface area contributed by atoms with Crippen LogP contribution in [0.1, 0.15) is 36.7 Å². The Bertz CT molecular complexity index is 1550. The Hall–Kier alpha value is -4.53. The molecule has 1 heterocycles. The first-order valence-corrected chi connectivity index (χ1v) is 11.6. The van der Waals surface area contributed by atoms with Gasteiger partial charge in [0.2, 0.25) is 11.2 Å². The van der Waals surface area contributed by atoms with E-state index in [-0.39, 0.29) is 22.8 Å². The van der Waals surface area contributed by atoms with Crippen molar-refractivity contribution in [3.63, 3.8) is 0 Å². The van der Waals surface area contributed by atoms with Crippen molar-refractivity contribution in [2.24, 2.45) is 0 Å². The summed E-state index contributed by atoms with van der Waals surface area (Å²) in [5.41, 5.74) is -0.0793. The van der Waals surface area contributed by atoms with Crippen molar-refractivity contribution in [3.05, 3.63) is 99.9 Å². The molecule has 0 saturated carbocycles. The molecule has 4 aromatic rings. The van der Waals surface area contributed by atoms with Gasteiger partial charge in [-0.05, 0) is 53.5 Å². The van der Waals surface area contributed by atoms with Gasteiger partial charge in [0.1, 0.15) is 22.8 Å². The first-order valence-electron chi connectivity index (χ1n) is 11.6. The molecular weight excluding hydrogens is 501 g/mol. The van der Waals surface area contributed by atoms with Gasteiger partial charge in [0.25, 0.3) is 5.76 Å². The molecule has 3 aromatic carbocycles. The van der Waals surface area contributed by atoms with Gasteiger partial charge in [0, 0.05) is 12.1 Å². The number of carbonyl (C=O) groups is 1. The summed E-state index contributed by atoms with van der Waals surface area (Å²) < 4.78 is 62.7. The van der Waals surface area contributed by atoms with Gasteiger partial charge in [0.15, 0.2) is 0 Å². The van der Waals surface area contributed by atoms with Gasteiger partial charge in [-0.25, -0.2) is 4.79 Å². The van der Waals surface area contributed by atoms with E-state index in [1.165, 1.54) is 31.4 Å². The number of rotatable bonds is 7. The maximum Gasteiger partial charge on any atom is 0.453 e. The highest BCUT2D eigenvalue weighted by molar-refractivity contribution is 5.89. The number of para-hydroxylation sites is 1. The molecule has 9 heteroatoms. The van der Waals surface area contributed by atoms with Crippen LogP contribution >= 0.6 is 0 Å². The van der Waals surface area contributed by atoms with E-state index in [4.69, 9.17) is 18.6 Å². The molecule has 196 valence electrons. The van der Waals surface area contributed by atoms with E-state index in [2.05, 4.69) is 0 Å². The number of carbonyl (C=O) groups excluding carboxylic acids is 1. The predicted octanol–water partition coefficient (Wildman–Crippen LogP) is 7.35. The molecule has 0 aliphatic rings. The molecule has 0 radical (unpaired) electrons. The highest BCUT2D eigenvalue weighted by atomic mass is 19.4. The summed E-state index contributed by atoms with van der Waals surface area (Å²) in [4.78, 5) is 25.4.